The van der Waals surface area contributed by atoms with Crippen LogP contribution in [0.3, 0.4) is 0 Å². The fourth-order valence-electron chi connectivity index (χ4n) is 4.53. The van der Waals surface area contributed by atoms with Crippen molar-refractivity contribution in [3.8, 4) is 0 Å². The van der Waals surface area contributed by atoms with Crippen molar-refractivity contribution in [1.29, 1.82) is 0 Å². The predicted molar refractivity (Wildman–Crippen MR) is 87.4 cm³/mol. The molecule has 24 heavy (non-hydrogen) atoms. The molecule has 0 radical (unpaired) electrons. The number of allylic oxidation sites excluding steroid dienone is 4. The first kappa shape index (κ1) is 15.9. The SMILES string of the molecule is N[C@@H](CCC(=O)OC1=C2CCC(C2)C1)C(=O)OC1=C2CCC(C2)C1. The van der Waals surface area contributed by atoms with Crippen LogP contribution >= 0.6 is 0 Å². The van der Waals surface area contributed by atoms with Gasteiger partial charge < -0.3 is 15.2 Å². The Hall–Kier alpha value is -1.62. The van der Waals surface area contributed by atoms with Crippen LogP contribution in [0.5, 0.6) is 0 Å². The minimum absolute atomic E-state index is 0.159. The van der Waals surface area contributed by atoms with Gasteiger partial charge in [0, 0.05) is 19.3 Å². The molecule has 2 unspecified atom stereocenters. The number of hydrogen-bond donors (Lipinski definition) is 1. The molecule has 0 aromatic heterocycles. The van der Waals surface area contributed by atoms with Gasteiger partial charge in [0.15, 0.2) is 0 Å². The number of ether oxygens (including phenoxy) is 2. The zero-order chi connectivity index (χ0) is 16.7. The van der Waals surface area contributed by atoms with Crippen molar-refractivity contribution < 1.29 is 19.1 Å². The van der Waals surface area contributed by atoms with Crippen LogP contribution in [0.25, 0.3) is 0 Å². The van der Waals surface area contributed by atoms with Crippen molar-refractivity contribution in [3.05, 3.63) is 22.7 Å². The molecule has 0 aromatic rings. The molecule has 0 heterocycles. The number of fused-ring (bicyclic) bond motifs is 4. The maximum atomic E-state index is 12.1. The van der Waals surface area contributed by atoms with E-state index < -0.39 is 12.0 Å². The molecule has 4 rings (SSSR count). The first-order chi connectivity index (χ1) is 11.6. The van der Waals surface area contributed by atoms with E-state index in [1.165, 1.54) is 24.0 Å². The lowest BCUT2D eigenvalue weighted by atomic mass is 10.0. The van der Waals surface area contributed by atoms with E-state index in [2.05, 4.69) is 0 Å². The third kappa shape index (κ3) is 3.14. The van der Waals surface area contributed by atoms with Crippen molar-refractivity contribution in [2.45, 2.75) is 70.3 Å². The molecule has 2 saturated carbocycles. The molecule has 5 heteroatoms. The van der Waals surface area contributed by atoms with Gasteiger partial charge in [-0.25, -0.2) is 4.79 Å². The third-order valence-electron chi connectivity index (χ3n) is 5.94. The normalized spacial score (nSPS) is 28.7. The second-order valence-corrected chi connectivity index (χ2v) is 7.72. The van der Waals surface area contributed by atoms with Gasteiger partial charge in [-0.2, -0.15) is 0 Å². The van der Waals surface area contributed by atoms with Crippen molar-refractivity contribution >= 4 is 11.9 Å². The van der Waals surface area contributed by atoms with Crippen molar-refractivity contribution in [3.63, 3.8) is 0 Å². The summed E-state index contributed by atoms with van der Waals surface area (Å²) in [5.41, 5.74) is 8.48. The largest absolute Gasteiger partial charge is 0.431 e. The molecular formula is C19H25NO4. The Morgan fingerprint density at radius 1 is 0.958 bits per heavy atom. The summed E-state index contributed by atoms with van der Waals surface area (Å²) in [6, 6.07) is -0.762. The van der Waals surface area contributed by atoms with Crippen LogP contribution in [-0.4, -0.2) is 18.0 Å². The van der Waals surface area contributed by atoms with E-state index in [1.807, 2.05) is 0 Å². The van der Waals surface area contributed by atoms with Crippen LogP contribution in [0, 0.1) is 11.8 Å². The molecule has 4 aliphatic rings. The quantitative estimate of drug-likeness (QED) is 0.757. The van der Waals surface area contributed by atoms with Crippen LogP contribution < -0.4 is 5.73 Å². The van der Waals surface area contributed by atoms with Gasteiger partial charge in [0.2, 0.25) is 0 Å². The molecular weight excluding hydrogens is 306 g/mol. The van der Waals surface area contributed by atoms with Crippen LogP contribution in [0.4, 0.5) is 0 Å². The molecule has 4 aliphatic carbocycles. The minimum Gasteiger partial charge on any atom is -0.431 e. The van der Waals surface area contributed by atoms with Crippen molar-refractivity contribution in [2.75, 3.05) is 0 Å². The standard InChI is InChI=1S/C19H25NO4/c20-15(19(22)24-17-10-12-2-4-14(17)8-12)5-6-18(21)23-16-9-11-1-3-13(16)7-11/h11-12,15H,1-10,20H2/t11?,12?,15-/m0/s1. The van der Waals surface area contributed by atoms with Gasteiger partial charge in [-0.3, -0.25) is 4.79 Å². The summed E-state index contributed by atoms with van der Waals surface area (Å²) in [5.74, 6) is 2.35. The number of nitrogens with two attached hydrogens (primary N) is 1. The van der Waals surface area contributed by atoms with Gasteiger partial charge >= 0.3 is 11.9 Å². The molecule has 3 atom stereocenters. The van der Waals surface area contributed by atoms with Gasteiger partial charge in [-0.1, -0.05) is 0 Å². The minimum atomic E-state index is -0.762. The van der Waals surface area contributed by atoms with E-state index in [-0.39, 0.29) is 18.8 Å². The highest BCUT2D eigenvalue weighted by molar-refractivity contribution is 5.78. The summed E-state index contributed by atoms with van der Waals surface area (Å²) in [6.07, 6.45) is 8.92. The lowest BCUT2D eigenvalue weighted by molar-refractivity contribution is -0.142. The van der Waals surface area contributed by atoms with E-state index in [9.17, 15) is 9.59 Å². The molecule has 0 saturated heterocycles. The fourth-order valence-corrected chi connectivity index (χ4v) is 4.53. The lowest BCUT2D eigenvalue weighted by Crippen LogP contribution is -2.33. The lowest BCUT2D eigenvalue weighted by Gasteiger charge is -2.16. The summed E-state index contributed by atoms with van der Waals surface area (Å²) in [5, 5.41) is 0. The molecule has 4 bridgehead atoms. The Morgan fingerprint density at radius 2 is 1.54 bits per heavy atom. The Kier molecular flexibility index (Phi) is 4.21. The first-order valence-corrected chi connectivity index (χ1v) is 9.18. The smallest absolute Gasteiger partial charge is 0.327 e. The Balaban J connectivity index is 1.22. The Morgan fingerprint density at radius 3 is 2.04 bits per heavy atom. The van der Waals surface area contributed by atoms with Gasteiger partial charge in [0.1, 0.15) is 17.6 Å². The second kappa shape index (κ2) is 6.36. The summed E-state index contributed by atoms with van der Waals surface area (Å²) in [4.78, 5) is 24.1. The molecule has 0 aromatic carbocycles. The Labute approximate surface area is 142 Å². The summed E-state index contributed by atoms with van der Waals surface area (Å²) < 4.78 is 10.9. The number of carbonyl (C=O) groups excluding carboxylic acids is 2. The van der Waals surface area contributed by atoms with E-state index in [1.54, 1.807) is 0 Å². The maximum absolute atomic E-state index is 12.1. The van der Waals surface area contributed by atoms with E-state index in [0.29, 0.717) is 11.8 Å². The molecule has 2 N–H and O–H groups in total. The fraction of sp³-hybridized carbons (Fsp3) is 0.684. The van der Waals surface area contributed by atoms with Crippen LogP contribution in [0.1, 0.15) is 64.2 Å². The van der Waals surface area contributed by atoms with E-state index in [0.717, 1.165) is 50.0 Å². The average molecular weight is 331 g/mol. The van der Waals surface area contributed by atoms with Gasteiger partial charge in [-0.15, -0.1) is 0 Å². The highest BCUT2D eigenvalue weighted by Crippen LogP contribution is 2.45. The molecule has 130 valence electrons. The van der Waals surface area contributed by atoms with Gasteiger partial charge in [0.05, 0.1) is 0 Å². The Bertz CT molecular complexity index is 633. The number of rotatable bonds is 6. The number of hydrogen-bond acceptors (Lipinski definition) is 5. The van der Waals surface area contributed by atoms with E-state index >= 15 is 0 Å². The third-order valence-corrected chi connectivity index (χ3v) is 5.94. The van der Waals surface area contributed by atoms with Gasteiger partial charge in [0.25, 0.3) is 0 Å². The monoisotopic (exact) mass is 331 g/mol. The number of esters is 2. The molecule has 0 amide bonds. The number of carbonyl (C=O) groups is 2. The zero-order valence-electron chi connectivity index (χ0n) is 14.0. The van der Waals surface area contributed by atoms with E-state index in [4.69, 9.17) is 15.2 Å². The topological polar surface area (TPSA) is 78.6 Å². The molecule has 0 spiro atoms. The highest BCUT2D eigenvalue weighted by Gasteiger charge is 2.34. The summed E-state index contributed by atoms with van der Waals surface area (Å²) >= 11 is 0. The molecule has 2 fully saturated rings. The summed E-state index contributed by atoms with van der Waals surface area (Å²) in [7, 11) is 0. The summed E-state index contributed by atoms with van der Waals surface area (Å²) in [6.45, 7) is 0. The first-order valence-electron chi connectivity index (χ1n) is 9.18. The van der Waals surface area contributed by atoms with Crippen LogP contribution in [0.15, 0.2) is 22.7 Å². The average Bonchev–Trinajstić information content (AvgIpc) is 3.33. The zero-order valence-corrected chi connectivity index (χ0v) is 14.0. The van der Waals surface area contributed by atoms with Crippen LogP contribution in [-0.2, 0) is 19.1 Å². The second-order valence-electron chi connectivity index (χ2n) is 7.72. The highest BCUT2D eigenvalue weighted by atomic mass is 16.5. The van der Waals surface area contributed by atoms with Crippen molar-refractivity contribution in [1.82, 2.24) is 0 Å². The molecule has 0 aliphatic heterocycles. The molecule has 5 nitrogen and oxygen atoms in total. The maximum Gasteiger partial charge on any atom is 0.327 e. The van der Waals surface area contributed by atoms with Crippen molar-refractivity contribution in [2.24, 2.45) is 17.6 Å². The predicted octanol–water partition coefficient (Wildman–Crippen LogP) is 3.10. The van der Waals surface area contributed by atoms with Gasteiger partial charge in [-0.05, 0) is 67.9 Å². The van der Waals surface area contributed by atoms with Crippen LogP contribution in [0.2, 0.25) is 0 Å².